The summed E-state index contributed by atoms with van der Waals surface area (Å²) in [5.74, 6) is -2.12. The summed E-state index contributed by atoms with van der Waals surface area (Å²) in [5, 5.41) is 10.6. The third-order valence-corrected chi connectivity index (χ3v) is 20.5. The number of hydrogen-bond donors (Lipinski definition) is 3. The number of ether oxygens (including phenoxy) is 4. The van der Waals surface area contributed by atoms with Crippen molar-refractivity contribution < 1.29 is 80.2 Å². The molecule has 3 N–H and O–H groups in total. The van der Waals surface area contributed by atoms with Crippen molar-refractivity contribution in [2.45, 2.75) is 444 Å². The molecule has 0 spiro atoms. The molecular formula is C79H154O17P2. The maximum absolute atomic E-state index is 13.1. The molecule has 0 saturated heterocycles. The van der Waals surface area contributed by atoms with Gasteiger partial charge in [0.25, 0.3) is 0 Å². The van der Waals surface area contributed by atoms with E-state index in [1.54, 1.807) is 0 Å². The molecular weight excluding hydrogens is 1280 g/mol. The highest BCUT2D eigenvalue weighted by Gasteiger charge is 2.30. The van der Waals surface area contributed by atoms with Crippen LogP contribution in [-0.2, 0) is 65.4 Å². The van der Waals surface area contributed by atoms with Crippen LogP contribution in [0.2, 0.25) is 0 Å². The maximum atomic E-state index is 13.1. The van der Waals surface area contributed by atoms with Crippen LogP contribution >= 0.6 is 15.6 Å². The predicted octanol–water partition coefficient (Wildman–Crippen LogP) is 23.8. The molecule has 0 fully saturated rings. The second-order valence-corrected chi connectivity index (χ2v) is 31.4. The highest BCUT2D eigenvalue weighted by Crippen LogP contribution is 2.45. The average molecular weight is 1440 g/mol. The summed E-state index contributed by atoms with van der Waals surface area (Å²) >= 11 is 0. The summed E-state index contributed by atoms with van der Waals surface area (Å²) in [6.07, 6.45) is 65.8. The van der Waals surface area contributed by atoms with Crippen molar-refractivity contribution in [3.8, 4) is 0 Å². The number of aliphatic hydroxyl groups excluding tert-OH is 1. The zero-order chi connectivity index (χ0) is 71.8. The second kappa shape index (κ2) is 73.4. The molecule has 0 aliphatic heterocycles. The van der Waals surface area contributed by atoms with Crippen molar-refractivity contribution in [2.24, 2.45) is 0 Å². The molecule has 19 heteroatoms. The first-order valence-corrected chi connectivity index (χ1v) is 44.3. The van der Waals surface area contributed by atoms with Gasteiger partial charge in [0.15, 0.2) is 12.2 Å². The minimum absolute atomic E-state index is 0.107. The van der Waals surface area contributed by atoms with Gasteiger partial charge in [0, 0.05) is 25.7 Å². The molecule has 98 heavy (non-hydrogen) atoms. The molecule has 0 aromatic rings. The Balaban J connectivity index is 5.10. The van der Waals surface area contributed by atoms with Gasteiger partial charge in [-0.05, 0) is 25.7 Å². The van der Waals surface area contributed by atoms with Gasteiger partial charge in [0.05, 0.1) is 26.4 Å². The summed E-state index contributed by atoms with van der Waals surface area (Å²) < 4.78 is 68.4. The van der Waals surface area contributed by atoms with E-state index in [1.807, 2.05) is 0 Å². The molecule has 2 unspecified atom stereocenters. The lowest BCUT2D eigenvalue weighted by molar-refractivity contribution is -0.161. The van der Waals surface area contributed by atoms with Crippen LogP contribution in [0.5, 0.6) is 0 Å². The summed E-state index contributed by atoms with van der Waals surface area (Å²) in [5.41, 5.74) is 0. The van der Waals surface area contributed by atoms with E-state index in [0.717, 1.165) is 96.3 Å². The predicted molar refractivity (Wildman–Crippen MR) is 400 cm³/mol. The first-order chi connectivity index (χ1) is 47.7. The van der Waals surface area contributed by atoms with Crippen LogP contribution in [0.15, 0.2) is 0 Å². The molecule has 0 saturated carbocycles. The fourth-order valence-corrected chi connectivity index (χ4v) is 13.9. The Bertz CT molecular complexity index is 1860. The van der Waals surface area contributed by atoms with Crippen molar-refractivity contribution in [1.82, 2.24) is 0 Å². The molecule has 0 bridgehead atoms. The standard InChI is InChI=1S/C79H154O17P2/c1-5-9-13-17-20-23-26-29-31-33-35-36-37-38-40-42-45-48-51-54-58-62-66-79(84)96-75(70-90-77(82)64-60-56-52-49-46-44-41-39-34-32-30-27-24-21-18-14-10-6-2)72-94-98(87,88)92-68-73(80)67-91-97(85,86)93-71-74(69-89-76(81)63-59-55-16-12-8-4)95-78(83)65-61-57-53-50-47-43-28-25-22-19-15-11-7-3/h73-75,80H,5-72H2,1-4H3,(H,85,86)(H,87,88)/t73-,74+,75+/m0/s1. The molecule has 0 aliphatic rings. The van der Waals surface area contributed by atoms with Gasteiger partial charge in [-0.15, -0.1) is 0 Å². The van der Waals surface area contributed by atoms with Gasteiger partial charge in [-0.2, -0.15) is 0 Å². The van der Waals surface area contributed by atoms with E-state index in [0.29, 0.717) is 25.7 Å². The van der Waals surface area contributed by atoms with E-state index in [9.17, 15) is 43.2 Å². The highest BCUT2D eigenvalue weighted by molar-refractivity contribution is 7.47. The van der Waals surface area contributed by atoms with Gasteiger partial charge in [0.2, 0.25) is 0 Å². The zero-order valence-electron chi connectivity index (χ0n) is 63.8. The van der Waals surface area contributed by atoms with E-state index >= 15 is 0 Å². The van der Waals surface area contributed by atoms with Gasteiger partial charge in [0.1, 0.15) is 19.3 Å². The molecule has 0 rings (SSSR count). The van der Waals surface area contributed by atoms with E-state index < -0.39 is 97.5 Å². The van der Waals surface area contributed by atoms with Crippen LogP contribution in [0.4, 0.5) is 0 Å². The lowest BCUT2D eigenvalue weighted by Gasteiger charge is -2.21. The third-order valence-electron chi connectivity index (χ3n) is 18.6. The topological polar surface area (TPSA) is 237 Å². The van der Waals surface area contributed by atoms with Gasteiger partial charge >= 0.3 is 39.5 Å². The van der Waals surface area contributed by atoms with Crippen molar-refractivity contribution in [1.29, 1.82) is 0 Å². The zero-order valence-corrected chi connectivity index (χ0v) is 65.6. The van der Waals surface area contributed by atoms with E-state index in [2.05, 4.69) is 27.7 Å². The smallest absolute Gasteiger partial charge is 0.462 e. The first-order valence-electron chi connectivity index (χ1n) is 41.3. The maximum Gasteiger partial charge on any atom is 0.472 e. The first kappa shape index (κ1) is 96.1. The monoisotopic (exact) mass is 1440 g/mol. The third kappa shape index (κ3) is 72.4. The SMILES string of the molecule is CCCCCCCCCCCCCCCCCCCCCCCCC(=O)O[C@H](COC(=O)CCCCCCCCCCCCCCCCCCCC)COP(=O)(O)OC[C@@H](O)COP(=O)(O)OC[C@@H](COC(=O)CCCCCCC)OC(=O)CCCCCCCCCCCCCCC. The summed E-state index contributed by atoms with van der Waals surface area (Å²) in [6.45, 7) is 4.92. The van der Waals surface area contributed by atoms with Gasteiger partial charge in [-0.25, -0.2) is 9.13 Å². The summed E-state index contributed by atoms with van der Waals surface area (Å²) in [7, 11) is -9.90. The van der Waals surface area contributed by atoms with Crippen LogP contribution < -0.4 is 0 Å². The second-order valence-electron chi connectivity index (χ2n) is 28.5. The van der Waals surface area contributed by atoms with Crippen LogP contribution in [0.3, 0.4) is 0 Å². The number of hydrogen-bond acceptors (Lipinski definition) is 15. The minimum atomic E-state index is -4.96. The number of unbranched alkanes of at least 4 members (excludes halogenated alkanes) is 54. The normalized spacial score (nSPS) is 13.8. The molecule has 0 aromatic heterocycles. The number of rotatable bonds is 80. The van der Waals surface area contributed by atoms with E-state index in [4.69, 9.17) is 37.0 Å². The molecule has 0 aliphatic carbocycles. The number of esters is 4. The van der Waals surface area contributed by atoms with Gasteiger partial charge < -0.3 is 33.8 Å². The largest absolute Gasteiger partial charge is 0.472 e. The Labute approximate surface area is 600 Å². The lowest BCUT2D eigenvalue weighted by atomic mass is 10.0. The molecule has 5 atom stereocenters. The van der Waals surface area contributed by atoms with Gasteiger partial charge in [-0.1, -0.05) is 374 Å². The highest BCUT2D eigenvalue weighted by atomic mass is 31.2. The Morgan fingerprint density at radius 1 is 0.245 bits per heavy atom. The molecule has 0 radical (unpaired) electrons. The molecule has 0 amide bonds. The number of carbonyl (C=O) groups excluding carboxylic acids is 4. The Kier molecular flexibility index (Phi) is 71.9. The van der Waals surface area contributed by atoms with Crippen molar-refractivity contribution in [3.63, 3.8) is 0 Å². The molecule has 0 aromatic carbocycles. The van der Waals surface area contributed by atoms with Crippen molar-refractivity contribution >= 4 is 39.5 Å². The Morgan fingerprint density at radius 3 is 0.602 bits per heavy atom. The molecule has 582 valence electrons. The van der Waals surface area contributed by atoms with Crippen LogP contribution in [0.25, 0.3) is 0 Å². The Hall–Kier alpha value is -1.94. The number of carbonyl (C=O) groups is 4. The quantitative estimate of drug-likeness (QED) is 0.0222. The molecule has 17 nitrogen and oxygen atoms in total. The summed E-state index contributed by atoms with van der Waals surface area (Å²) in [4.78, 5) is 72.6. The van der Waals surface area contributed by atoms with E-state index in [1.165, 1.54) is 250 Å². The van der Waals surface area contributed by atoms with Crippen LogP contribution in [0.1, 0.15) is 426 Å². The van der Waals surface area contributed by atoms with Crippen LogP contribution in [-0.4, -0.2) is 96.7 Å². The van der Waals surface area contributed by atoms with E-state index in [-0.39, 0.29) is 25.7 Å². The fourth-order valence-electron chi connectivity index (χ4n) is 12.3. The fraction of sp³-hybridized carbons (Fsp3) is 0.949. The number of phosphoric ester groups is 2. The van der Waals surface area contributed by atoms with Crippen LogP contribution in [0, 0.1) is 0 Å². The summed E-state index contributed by atoms with van der Waals surface area (Å²) in [6, 6.07) is 0. The van der Waals surface area contributed by atoms with Crippen molar-refractivity contribution in [3.05, 3.63) is 0 Å². The number of phosphoric acid groups is 2. The minimum Gasteiger partial charge on any atom is -0.462 e. The number of aliphatic hydroxyl groups is 1. The average Bonchev–Trinajstić information content (AvgIpc) is 3.61. The van der Waals surface area contributed by atoms with Crippen molar-refractivity contribution in [2.75, 3.05) is 39.6 Å². The van der Waals surface area contributed by atoms with Gasteiger partial charge in [-0.3, -0.25) is 37.3 Å². The Morgan fingerprint density at radius 2 is 0.408 bits per heavy atom. The lowest BCUT2D eigenvalue weighted by Crippen LogP contribution is -2.30. The molecule has 0 heterocycles.